The Morgan fingerprint density at radius 1 is 0.875 bits per heavy atom. The summed E-state index contributed by atoms with van der Waals surface area (Å²) < 4.78 is 0. The Morgan fingerprint density at radius 3 is 2.05 bits per heavy atom. The molecule has 0 heterocycles. The molecule has 224 valence electrons. The molecule has 0 saturated heterocycles. The van der Waals surface area contributed by atoms with Crippen molar-refractivity contribution in [3.8, 4) is 0 Å². The van der Waals surface area contributed by atoms with Crippen LogP contribution in [0.4, 0.5) is 0 Å². The number of nitrogens with two attached hydrogens (primary N) is 4. The molecule has 1 aromatic rings. The molecule has 0 aliphatic heterocycles. The maximum atomic E-state index is 13.3. The highest BCUT2D eigenvalue weighted by molar-refractivity contribution is 7.98. The van der Waals surface area contributed by atoms with Crippen LogP contribution < -0.4 is 38.9 Å². The predicted octanol–water partition coefficient (Wildman–Crippen LogP) is -0.969. The average Bonchev–Trinajstić information content (AvgIpc) is 2.92. The van der Waals surface area contributed by atoms with Crippen molar-refractivity contribution in [2.45, 2.75) is 69.1 Å². The number of rotatable bonds is 20. The first kappa shape index (κ1) is 34.7. The number of aliphatic imine (C=N–C) groups is 1. The van der Waals surface area contributed by atoms with Gasteiger partial charge in [0.2, 0.25) is 17.7 Å². The molecule has 3 amide bonds. The Bertz CT molecular complexity index is 962. The number of nitrogens with one attached hydrogen (secondary N) is 3. The molecular weight excluding hydrogens is 536 g/mol. The van der Waals surface area contributed by atoms with Crippen molar-refractivity contribution in [2.75, 3.05) is 25.1 Å². The van der Waals surface area contributed by atoms with E-state index in [0.717, 1.165) is 12.0 Å². The second kappa shape index (κ2) is 19.7. The lowest BCUT2D eigenvalue weighted by Crippen LogP contribution is -2.57. The maximum absolute atomic E-state index is 13.3. The predicted molar refractivity (Wildman–Crippen MR) is 157 cm³/mol. The number of hydrogen-bond acceptors (Lipinski definition) is 8. The molecule has 4 atom stereocenters. The zero-order valence-electron chi connectivity index (χ0n) is 23.0. The maximum Gasteiger partial charge on any atom is 0.326 e. The summed E-state index contributed by atoms with van der Waals surface area (Å²) >= 11 is 1.47. The molecule has 0 aliphatic rings. The number of unbranched alkanes of at least 4 members (excludes halogenated alkanes) is 1. The molecule has 12 N–H and O–H groups in total. The molecule has 13 nitrogen and oxygen atoms in total. The van der Waals surface area contributed by atoms with Gasteiger partial charge in [-0.25, -0.2) is 4.79 Å². The number of carboxylic acid groups (broad SMARTS) is 1. The summed E-state index contributed by atoms with van der Waals surface area (Å²) in [5.74, 6) is -2.48. The Morgan fingerprint density at radius 2 is 1.48 bits per heavy atom. The third kappa shape index (κ3) is 14.1. The first-order valence-electron chi connectivity index (χ1n) is 13.3. The monoisotopic (exact) mass is 580 g/mol. The highest BCUT2D eigenvalue weighted by Crippen LogP contribution is 2.08. The van der Waals surface area contributed by atoms with E-state index in [0.29, 0.717) is 31.6 Å². The lowest BCUT2D eigenvalue weighted by Gasteiger charge is -2.25. The van der Waals surface area contributed by atoms with Gasteiger partial charge in [0.15, 0.2) is 5.96 Å². The highest BCUT2D eigenvalue weighted by Gasteiger charge is 2.30. The lowest BCUT2D eigenvalue weighted by atomic mass is 10.0. The van der Waals surface area contributed by atoms with E-state index < -0.39 is 47.9 Å². The molecule has 0 unspecified atom stereocenters. The van der Waals surface area contributed by atoms with E-state index in [4.69, 9.17) is 22.9 Å². The van der Waals surface area contributed by atoms with Gasteiger partial charge in [-0.3, -0.25) is 19.4 Å². The topological polar surface area (TPSA) is 241 Å². The molecule has 0 saturated carbocycles. The minimum Gasteiger partial charge on any atom is -0.480 e. The molecule has 14 heteroatoms. The summed E-state index contributed by atoms with van der Waals surface area (Å²) in [6.07, 6.45) is 4.53. The van der Waals surface area contributed by atoms with Crippen LogP contribution in [-0.2, 0) is 25.6 Å². The van der Waals surface area contributed by atoms with Crippen LogP contribution in [0.15, 0.2) is 35.3 Å². The molecular formula is C26H44N8O5S. The van der Waals surface area contributed by atoms with Crippen LogP contribution in [0.3, 0.4) is 0 Å². The van der Waals surface area contributed by atoms with Crippen molar-refractivity contribution >= 4 is 41.4 Å². The van der Waals surface area contributed by atoms with Crippen molar-refractivity contribution in [1.82, 2.24) is 16.0 Å². The SMILES string of the molecule is CSCC[C@H](NC(=O)[C@H](CCCN=C(N)N)NC(=O)[C@@H](N)CCCCN)C(=O)N[C@@H](Cc1ccccc1)C(=O)O. The number of benzene rings is 1. The second-order valence-electron chi connectivity index (χ2n) is 9.33. The molecule has 1 rings (SSSR count). The van der Waals surface area contributed by atoms with Gasteiger partial charge in [0.1, 0.15) is 18.1 Å². The van der Waals surface area contributed by atoms with Crippen LogP contribution in [0.1, 0.15) is 44.1 Å². The fourth-order valence-corrected chi connectivity index (χ4v) is 4.26. The van der Waals surface area contributed by atoms with Gasteiger partial charge in [-0.15, -0.1) is 0 Å². The zero-order valence-corrected chi connectivity index (χ0v) is 23.8. The minimum absolute atomic E-state index is 0.0800. The van der Waals surface area contributed by atoms with Crippen molar-refractivity contribution in [2.24, 2.45) is 27.9 Å². The van der Waals surface area contributed by atoms with Crippen molar-refractivity contribution in [1.29, 1.82) is 0 Å². The van der Waals surface area contributed by atoms with E-state index in [2.05, 4.69) is 20.9 Å². The third-order valence-electron chi connectivity index (χ3n) is 6.03. The number of nitrogens with zero attached hydrogens (tertiary/aromatic N) is 1. The molecule has 0 fully saturated rings. The molecule has 40 heavy (non-hydrogen) atoms. The summed E-state index contributed by atoms with van der Waals surface area (Å²) in [7, 11) is 0. The Hall–Kier alpha value is -3.36. The van der Waals surface area contributed by atoms with Crippen LogP contribution in [0.5, 0.6) is 0 Å². The van der Waals surface area contributed by atoms with Gasteiger partial charge in [-0.2, -0.15) is 11.8 Å². The Kier molecular flexibility index (Phi) is 17.0. The van der Waals surface area contributed by atoms with Crippen LogP contribution in [0.2, 0.25) is 0 Å². The van der Waals surface area contributed by atoms with E-state index in [1.807, 2.05) is 12.3 Å². The summed E-state index contributed by atoms with van der Waals surface area (Å²) in [5, 5.41) is 17.6. The summed E-state index contributed by atoms with van der Waals surface area (Å²) in [4.78, 5) is 55.0. The number of aliphatic carboxylic acids is 1. The number of carbonyl (C=O) groups is 4. The molecule has 0 spiro atoms. The normalized spacial score (nSPS) is 13.8. The third-order valence-corrected chi connectivity index (χ3v) is 6.67. The van der Waals surface area contributed by atoms with Gasteiger partial charge < -0.3 is 44.0 Å². The van der Waals surface area contributed by atoms with E-state index in [1.54, 1.807) is 24.3 Å². The van der Waals surface area contributed by atoms with Crippen LogP contribution in [0, 0.1) is 0 Å². The fraction of sp³-hybridized carbons (Fsp3) is 0.577. The number of guanidine groups is 1. The van der Waals surface area contributed by atoms with Crippen molar-refractivity contribution in [3.05, 3.63) is 35.9 Å². The number of carbonyl (C=O) groups excluding carboxylic acids is 3. The first-order valence-corrected chi connectivity index (χ1v) is 14.7. The molecule has 0 aromatic heterocycles. The number of hydrogen-bond donors (Lipinski definition) is 8. The summed E-state index contributed by atoms with van der Waals surface area (Å²) in [6, 6.07) is 4.86. The van der Waals surface area contributed by atoms with Crippen LogP contribution in [0.25, 0.3) is 0 Å². The van der Waals surface area contributed by atoms with Gasteiger partial charge in [0.25, 0.3) is 0 Å². The first-order chi connectivity index (χ1) is 19.1. The molecule has 0 aliphatic carbocycles. The van der Waals surface area contributed by atoms with E-state index in [-0.39, 0.29) is 31.8 Å². The van der Waals surface area contributed by atoms with Gasteiger partial charge in [-0.05, 0) is 56.2 Å². The van der Waals surface area contributed by atoms with Gasteiger partial charge in [-0.1, -0.05) is 36.8 Å². The van der Waals surface area contributed by atoms with Crippen LogP contribution >= 0.6 is 11.8 Å². The summed E-state index contributed by atoms with van der Waals surface area (Å²) in [5.41, 5.74) is 23.0. The smallest absolute Gasteiger partial charge is 0.326 e. The summed E-state index contributed by atoms with van der Waals surface area (Å²) in [6.45, 7) is 0.721. The number of amides is 3. The molecule has 1 aromatic carbocycles. The van der Waals surface area contributed by atoms with Gasteiger partial charge >= 0.3 is 5.97 Å². The largest absolute Gasteiger partial charge is 0.480 e. The zero-order chi connectivity index (χ0) is 29.9. The highest BCUT2D eigenvalue weighted by atomic mass is 32.2. The van der Waals surface area contributed by atoms with Crippen molar-refractivity contribution < 1.29 is 24.3 Å². The van der Waals surface area contributed by atoms with Gasteiger partial charge in [0, 0.05) is 13.0 Å². The van der Waals surface area contributed by atoms with E-state index in [9.17, 15) is 24.3 Å². The van der Waals surface area contributed by atoms with Gasteiger partial charge in [0.05, 0.1) is 6.04 Å². The average molecular weight is 581 g/mol. The lowest BCUT2D eigenvalue weighted by molar-refractivity contribution is -0.142. The van der Waals surface area contributed by atoms with Crippen LogP contribution in [-0.4, -0.2) is 84.0 Å². The Labute approximate surface area is 239 Å². The van der Waals surface area contributed by atoms with E-state index >= 15 is 0 Å². The molecule has 0 radical (unpaired) electrons. The standard InChI is InChI=1S/C26H44N8O5S/c1-40-15-12-20(24(37)34-21(25(38)39)16-17-8-3-2-4-9-17)33-23(36)19(11-7-14-31-26(29)30)32-22(35)18(28)10-5-6-13-27/h2-4,8-9,18-21H,5-7,10-16,27-28H2,1H3,(H,32,35)(H,33,36)(H,34,37)(H,38,39)(H4,29,30,31)/t18-,19-,20-,21-/m0/s1. The quantitative estimate of drug-likeness (QED) is 0.0533. The number of thioether (sulfide) groups is 1. The molecule has 0 bridgehead atoms. The second-order valence-corrected chi connectivity index (χ2v) is 10.3. The Balaban J connectivity index is 2.99. The number of carboxylic acids is 1. The van der Waals surface area contributed by atoms with Crippen molar-refractivity contribution in [3.63, 3.8) is 0 Å². The minimum atomic E-state index is -1.19. The van der Waals surface area contributed by atoms with E-state index in [1.165, 1.54) is 11.8 Å². The fourth-order valence-electron chi connectivity index (χ4n) is 3.79.